The number of nitrogens with one attached hydrogen (secondary N) is 2. The first-order valence-electron chi connectivity index (χ1n) is 9.57. The van der Waals surface area contributed by atoms with Gasteiger partial charge in [0.15, 0.2) is 0 Å². The molecular formula is C18H33N3O2. The van der Waals surface area contributed by atoms with E-state index in [2.05, 4.69) is 22.5 Å². The van der Waals surface area contributed by atoms with E-state index in [4.69, 9.17) is 4.74 Å². The maximum Gasteiger partial charge on any atom is 0.315 e. The number of urea groups is 1. The average molecular weight is 323 g/mol. The Morgan fingerprint density at radius 3 is 2.48 bits per heavy atom. The summed E-state index contributed by atoms with van der Waals surface area (Å²) in [7, 11) is 0. The minimum Gasteiger partial charge on any atom is -0.381 e. The summed E-state index contributed by atoms with van der Waals surface area (Å²) in [6.07, 6.45) is 8.75. The van der Waals surface area contributed by atoms with Crippen LogP contribution in [-0.2, 0) is 4.74 Å². The molecule has 2 aliphatic heterocycles. The van der Waals surface area contributed by atoms with Crippen molar-refractivity contribution in [2.75, 3.05) is 32.8 Å². The van der Waals surface area contributed by atoms with Gasteiger partial charge >= 0.3 is 6.03 Å². The molecule has 0 radical (unpaired) electrons. The Morgan fingerprint density at radius 2 is 1.83 bits per heavy atom. The van der Waals surface area contributed by atoms with Crippen molar-refractivity contribution in [3.63, 3.8) is 0 Å². The lowest BCUT2D eigenvalue weighted by Crippen LogP contribution is -2.51. The molecular weight excluding hydrogens is 290 g/mol. The molecule has 5 nitrogen and oxygen atoms in total. The van der Waals surface area contributed by atoms with Crippen LogP contribution in [0.25, 0.3) is 0 Å². The number of likely N-dealkylation sites (tertiary alicyclic amines) is 1. The zero-order valence-corrected chi connectivity index (χ0v) is 14.6. The van der Waals surface area contributed by atoms with Gasteiger partial charge in [0, 0.05) is 44.2 Å². The van der Waals surface area contributed by atoms with Crippen LogP contribution in [0.4, 0.5) is 4.79 Å². The summed E-state index contributed by atoms with van der Waals surface area (Å²) in [4.78, 5) is 14.7. The van der Waals surface area contributed by atoms with E-state index in [9.17, 15) is 4.79 Å². The van der Waals surface area contributed by atoms with E-state index in [0.717, 1.165) is 64.1 Å². The van der Waals surface area contributed by atoms with Crippen LogP contribution in [0, 0.1) is 11.8 Å². The Morgan fingerprint density at radius 1 is 1.09 bits per heavy atom. The first kappa shape index (κ1) is 17.0. The molecule has 0 spiro atoms. The van der Waals surface area contributed by atoms with Gasteiger partial charge < -0.3 is 20.3 Å². The van der Waals surface area contributed by atoms with E-state index < -0.39 is 0 Å². The molecule has 1 saturated carbocycles. The fourth-order valence-corrected chi connectivity index (χ4v) is 4.23. The van der Waals surface area contributed by atoms with Crippen molar-refractivity contribution in [1.82, 2.24) is 15.5 Å². The molecule has 23 heavy (non-hydrogen) atoms. The van der Waals surface area contributed by atoms with Crippen molar-refractivity contribution in [3.05, 3.63) is 0 Å². The van der Waals surface area contributed by atoms with Gasteiger partial charge in [-0.25, -0.2) is 4.79 Å². The lowest BCUT2D eigenvalue weighted by Gasteiger charge is -2.40. The monoisotopic (exact) mass is 323 g/mol. The highest BCUT2D eigenvalue weighted by Crippen LogP contribution is 2.28. The maximum absolute atomic E-state index is 12.0. The summed E-state index contributed by atoms with van der Waals surface area (Å²) in [6, 6.07) is 1.14. The molecule has 2 saturated heterocycles. The molecule has 0 aromatic heterocycles. The summed E-state index contributed by atoms with van der Waals surface area (Å²) in [5.74, 6) is 1.41. The third kappa shape index (κ3) is 5.08. The molecule has 2 heterocycles. The topological polar surface area (TPSA) is 53.6 Å². The predicted octanol–water partition coefficient (Wildman–Crippen LogP) is 2.37. The van der Waals surface area contributed by atoms with Crippen LogP contribution < -0.4 is 10.6 Å². The van der Waals surface area contributed by atoms with Crippen LogP contribution in [0.2, 0.25) is 0 Å². The Kier molecular flexibility index (Phi) is 6.17. The minimum absolute atomic E-state index is 0.00170. The number of ether oxygens (including phenoxy) is 1. The van der Waals surface area contributed by atoms with Crippen molar-refractivity contribution in [1.29, 1.82) is 0 Å². The number of hydrogen-bond donors (Lipinski definition) is 2. The van der Waals surface area contributed by atoms with Gasteiger partial charge in [-0.2, -0.15) is 0 Å². The van der Waals surface area contributed by atoms with Crippen molar-refractivity contribution >= 4 is 6.03 Å². The molecule has 3 aliphatic rings. The summed E-state index contributed by atoms with van der Waals surface area (Å²) in [6.45, 7) is 7.03. The highest BCUT2D eigenvalue weighted by atomic mass is 16.5. The van der Waals surface area contributed by atoms with Gasteiger partial charge in [-0.1, -0.05) is 6.92 Å². The predicted molar refractivity (Wildman–Crippen MR) is 91.5 cm³/mol. The summed E-state index contributed by atoms with van der Waals surface area (Å²) >= 11 is 0. The fourth-order valence-electron chi connectivity index (χ4n) is 4.23. The third-order valence-corrected chi connectivity index (χ3v) is 5.94. The van der Waals surface area contributed by atoms with Crippen LogP contribution in [0.1, 0.15) is 51.9 Å². The van der Waals surface area contributed by atoms with Crippen LogP contribution in [-0.4, -0.2) is 55.9 Å². The molecule has 0 aromatic carbocycles. The van der Waals surface area contributed by atoms with E-state index in [1.54, 1.807) is 0 Å². The Hall–Kier alpha value is -0.810. The number of carbonyl (C=O) groups is 1. The van der Waals surface area contributed by atoms with Gasteiger partial charge in [-0.15, -0.1) is 0 Å². The third-order valence-electron chi connectivity index (χ3n) is 5.94. The van der Waals surface area contributed by atoms with Crippen molar-refractivity contribution in [2.24, 2.45) is 11.8 Å². The summed E-state index contributed by atoms with van der Waals surface area (Å²) in [5, 5.41) is 6.16. The number of piperidine rings is 1. The fraction of sp³-hybridized carbons (Fsp3) is 0.944. The highest BCUT2D eigenvalue weighted by Gasteiger charge is 2.28. The maximum atomic E-state index is 12.0. The summed E-state index contributed by atoms with van der Waals surface area (Å²) < 4.78 is 5.34. The number of hydrogen-bond acceptors (Lipinski definition) is 3. The van der Waals surface area contributed by atoms with Crippen molar-refractivity contribution in [2.45, 2.75) is 64.0 Å². The molecule has 1 atom stereocenters. The first-order chi connectivity index (χ1) is 11.2. The van der Waals surface area contributed by atoms with Gasteiger partial charge in [0.25, 0.3) is 0 Å². The van der Waals surface area contributed by atoms with Crippen LogP contribution in [0.15, 0.2) is 0 Å². The Bertz CT molecular complexity index is 368. The molecule has 3 fully saturated rings. The number of nitrogens with zero attached hydrogens (tertiary/aromatic N) is 1. The van der Waals surface area contributed by atoms with Crippen LogP contribution in [0.5, 0.6) is 0 Å². The number of carbonyl (C=O) groups excluding carboxylic acids is 1. The lowest BCUT2D eigenvalue weighted by atomic mass is 9.85. The standard InChI is InChI=1S/C18H33N3O2/c1-14-2-4-17(5-3-14)21-9-6-16(7-10-21)20-18(22)19-12-15-8-11-23-13-15/h14-17H,2-13H2,1H3,(H2,19,20,22). The smallest absolute Gasteiger partial charge is 0.315 e. The van der Waals surface area contributed by atoms with E-state index >= 15 is 0 Å². The molecule has 2 amide bonds. The number of rotatable bonds is 4. The largest absolute Gasteiger partial charge is 0.381 e. The molecule has 2 N–H and O–H groups in total. The molecule has 1 unspecified atom stereocenters. The highest BCUT2D eigenvalue weighted by molar-refractivity contribution is 5.74. The molecule has 1 aliphatic carbocycles. The van der Waals surface area contributed by atoms with Crippen molar-refractivity contribution < 1.29 is 9.53 Å². The zero-order valence-electron chi connectivity index (χ0n) is 14.6. The van der Waals surface area contributed by atoms with E-state index in [1.807, 2.05) is 0 Å². The second-order valence-electron chi connectivity index (χ2n) is 7.81. The second-order valence-corrected chi connectivity index (χ2v) is 7.81. The SMILES string of the molecule is CC1CCC(N2CCC(NC(=O)NCC3CCOC3)CC2)CC1. The van der Waals surface area contributed by atoms with Gasteiger partial charge in [0.05, 0.1) is 6.61 Å². The van der Waals surface area contributed by atoms with Crippen molar-refractivity contribution in [3.8, 4) is 0 Å². The van der Waals surface area contributed by atoms with Crippen LogP contribution in [0.3, 0.4) is 0 Å². The first-order valence-corrected chi connectivity index (χ1v) is 9.57. The lowest BCUT2D eigenvalue weighted by molar-refractivity contribution is 0.106. The van der Waals surface area contributed by atoms with Gasteiger partial charge in [0.1, 0.15) is 0 Å². The van der Waals surface area contributed by atoms with E-state index in [1.165, 1.54) is 25.7 Å². The zero-order chi connectivity index (χ0) is 16.1. The normalized spacial score (nSPS) is 33.5. The number of amides is 2. The molecule has 132 valence electrons. The average Bonchev–Trinajstić information content (AvgIpc) is 3.08. The van der Waals surface area contributed by atoms with E-state index in [0.29, 0.717) is 12.0 Å². The Labute approximate surface area is 140 Å². The summed E-state index contributed by atoms with van der Waals surface area (Å²) in [5.41, 5.74) is 0. The van der Waals surface area contributed by atoms with Crippen LogP contribution >= 0.6 is 0 Å². The quantitative estimate of drug-likeness (QED) is 0.835. The van der Waals surface area contributed by atoms with Gasteiger partial charge in [-0.05, 0) is 50.9 Å². The second kappa shape index (κ2) is 8.34. The van der Waals surface area contributed by atoms with Gasteiger partial charge in [-0.3, -0.25) is 0 Å². The Balaban J connectivity index is 1.31. The van der Waals surface area contributed by atoms with E-state index in [-0.39, 0.29) is 6.03 Å². The molecule has 0 bridgehead atoms. The molecule has 5 heteroatoms. The molecule has 0 aromatic rings. The minimum atomic E-state index is 0.00170. The van der Waals surface area contributed by atoms with Gasteiger partial charge in [0.2, 0.25) is 0 Å². The molecule has 3 rings (SSSR count).